The summed E-state index contributed by atoms with van der Waals surface area (Å²) in [5.41, 5.74) is 0.693. The quantitative estimate of drug-likeness (QED) is 0.437. The van der Waals surface area contributed by atoms with E-state index in [1.54, 1.807) is 18.2 Å². The van der Waals surface area contributed by atoms with Gasteiger partial charge in [-0.3, -0.25) is 0 Å². The van der Waals surface area contributed by atoms with Gasteiger partial charge in [0.25, 0.3) is 10.0 Å². The molecular formula is C22H21F3N4O4S2. The number of benzene rings is 1. The van der Waals surface area contributed by atoms with Gasteiger partial charge in [-0.25, -0.2) is 30.6 Å². The Morgan fingerprint density at radius 3 is 2.43 bits per heavy atom. The number of pyridine rings is 1. The molecule has 0 amide bonds. The minimum Gasteiger partial charge on any atom is -0.390 e. The Morgan fingerprint density at radius 2 is 1.80 bits per heavy atom. The van der Waals surface area contributed by atoms with Crippen LogP contribution in [0.5, 0.6) is 0 Å². The normalized spacial score (nSPS) is 18.7. The Balaban J connectivity index is 1.52. The maximum atomic E-state index is 13.1. The van der Waals surface area contributed by atoms with Crippen molar-refractivity contribution in [2.45, 2.75) is 36.4 Å². The van der Waals surface area contributed by atoms with Crippen molar-refractivity contribution in [1.82, 2.24) is 8.96 Å². The lowest BCUT2D eigenvalue weighted by atomic mass is 9.81. The van der Waals surface area contributed by atoms with Crippen LogP contribution in [0.15, 0.2) is 53.7 Å². The second-order valence-corrected chi connectivity index (χ2v) is 12.5. The zero-order valence-electron chi connectivity index (χ0n) is 18.2. The first kappa shape index (κ1) is 25.0. The first-order valence-corrected chi connectivity index (χ1v) is 13.9. The Labute approximate surface area is 200 Å². The molecule has 3 aromatic rings. The number of hydrogen-bond donors (Lipinski definition) is 1. The molecule has 186 valence electrons. The number of rotatable bonds is 8. The highest BCUT2D eigenvalue weighted by Crippen LogP contribution is 2.39. The summed E-state index contributed by atoms with van der Waals surface area (Å²) >= 11 is 0. The third kappa shape index (κ3) is 5.43. The second kappa shape index (κ2) is 9.16. The number of halogens is 3. The molecule has 0 aliphatic heterocycles. The summed E-state index contributed by atoms with van der Waals surface area (Å²) in [6.45, 7) is 7.45. The van der Waals surface area contributed by atoms with E-state index in [4.69, 9.17) is 6.57 Å². The summed E-state index contributed by atoms with van der Waals surface area (Å²) in [5.74, 6) is -1.54. The highest BCUT2D eigenvalue weighted by atomic mass is 32.2. The maximum absolute atomic E-state index is 13.1. The highest BCUT2D eigenvalue weighted by Gasteiger charge is 2.36. The number of alkyl halides is 3. The van der Waals surface area contributed by atoms with Gasteiger partial charge >= 0.3 is 6.18 Å². The lowest BCUT2D eigenvalue weighted by Crippen LogP contribution is -2.39. The molecule has 4 rings (SSSR count). The van der Waals surface area contributed by atoms with Crippen molar-refractivity contribution in [3.63, 3.8) is 0 Å². The van der Waals surface area contributed by atoms with Crippen molar-refractivity contribution >= 4 is 42.3 Å². The largest absolute Gasteiger partial charge is 0.390 e. The number of sulfone groups is 1. The number of nitrogens with one attached hydrogen (secondary N) is 1. The molecule has 13 heteroatoms. The van der Waals surface area contributed by atoms with Gasteiger partial charge < -0.3 is 5.32 Å². The average Bonchev–Trinajstić information content (AvgIpc) is 3.22. The minimum absolute atomic E-state index is 0.0802. The molecular weight excluding hydrogens is 505 g/mol. The number of anilines is 1. The molecule has 8 nitrogen and oxygen atoms in total. The molecule has 0 radical (unpaired) electrons. The maximum Gasteiger partial charge on any atom is 0.390 e. The molecule has 2 heterocycles. The molecule has 1 fully saturated rings. The predicted molar refractivity (Wildman–Crippen MR) is 124 cm³/mol. The van der Waals surface area contributed by atoms with E-state index in [-0.39, 0.29) is 33.9 Å². The van der Waals surface area contributed by atoms with Gasteiger partial charge in [0.05, 0.1) is 35.1 Å². The molecule has 1 saturated carbocycles. The summed E-state index contributed by atoms with van der Waals surface area (Å²) in [4.78, 5) is 7.71. The number of nitrogens with zero attached hydrogens (tertiary/aromatic N) is 3. The van der Waals surface area contributed by atoms with Gasteiger partial charge in [-0.1, -0.05) is 18.2 Å². The molecule has 0 bridgehead atoms. The fraction of sp³-hybridized carbons (Fsp3) is 0.364. The Bertz CT molecular complexity index is 1490. The number of hydrogen-bond acceptors (Lipinski definition) is 6. The summed E-state index contributed by atoms with van der Waals surface area (Å²) in [6.07, 6.45) is -2.47. The standard InChI is InChI=1S/C22H21F3N4O4S2/c1-26-19-13-27-21-18(7-9-29(21)35(32,33)17-5-3-2-4-6-17)20(19)28-16-11-15(12-16)14-34(30,31)10-8-22(23,24)25/h2-7,9,13,15-16H,8,10-12,14H2,(H,27,28). The van der Waals surface area contributed by atoms with Crippen LogP contribution in [0.2, 0.25) is 0 Å². The fourth-order valence-electron chi connectivity index (χ4n) is 4.10. The Morgan fingerprint density at radius 1 is 1.11 bits per heavy atom. The van der Waals surface area contributed by atoms with E-state index in [9.17, 15) is 30.0 Å². The third-order valence-electron chi connectivity index (χ3n) is 5.85. The van der Waals surface area contributed by atoms with Crippen LogP contribution >= 0.6 is 0 Å². The molecule has 0 spiro atoms. The molecule has 0 unspecified atom stereocenters. The molecule has 1 N–H and O–H groups in total. The Hall–Kier alpha value is -3.11. The SMILES string of the molecule is [C-]#[N+]c1cnc2c(ccn2S(=O)(=O)c2ccccc2)c1NC1CC(CS(=O)(=O)CCC(F)(F)F)C1. The topological polar surface area (TPSA) is 102 Å². The van der Waals surface area contributed by atoms with E-state index in [0.717, 1.165) is 3.97 Å². The molecule has 0 atom stereocenters. The average molecular weight is 527 g/mol. The van der Waals surface area contributed by atoms with Crippen molar-refractivity contribution in [2.24, 2.45) is 5.92 Å². The molecule has 0 saturated heterocycles. The highest BCUT2D eigenvalue weighted by molar-refractivity contribution is 7.91. The fourth-order valence-corrected chi connectivity index (χ4v) is 7.12. The smallest absolute Gasteiger partial charge is 0.390 e. The van der Waals surface area contributed by atoms with Gasteiger partial charge in [0.2, 0.25) is 5.69 Å². The van der Waals surface area contributed by atoms with Gasteiger partial charge in [0.1, 0.15) is 0 Å². The number of aromatic nitrogens is 2. The number of fused-ring (bicyclic) bond motifs is 1. The van der Waals surface area contributed by atoms with Gasteiger partial charge in [0, 0.05) is 23.8 Å². The van der Waals surface area contributed by atoms with Crippen LogP contribution in [-0.4, -0.2) is 49.5 Å². The summed E-state index contributed by atoms with van der Waals surface area (Å²) in [5, 5.41) is 3.60. The van der Waals surface area contributed by atoms with Crippen LogP contribution in [-0.2, 0) is 19.9 Å². The predicted octanol–water partition coefficient (Wildman–Crippen LogP) is 4.38. The first-order valence-electron chi connectivity index (χ1n) is 10.6. The first-order chi connectivity index (χ1) is 16.4. The van der Waals surface area contributed by atoms with Crippen LogP contribution in [0.1, 0.15) is 19.3 Å². The van der Waals surface area contributed by atoms with Crippen LogP contribution in [0.4, 0.5) is 24.5 Å². The van der Waals surface area contributed by atoms with E-state index in [0.29, 0.717) is 23.9 Å². The van der Waals surface area contributed by atoms with Crippen LogP contribution in [0, 0.1) is 12.5 Å². The monoisotopic (exact) mass is 526 g/mol. The Kier molecular flexibility index (Phi) is 6.54. The third-order valence-corrected chi connectivity index (χ3v) is 9.34. The van der Waals surface area contributed by atoms with Crippen LogP contribution in [0.3, 0.4) is 0 Å². The van der Waals surface area contributed by atoms with Crippen molar-refractivity contribution in [3.05, 3.63) is 60.2 Å². The zero-order valence-corrected chi connectivity index (χ0v) is 19.9. The lowest BCUT2D eigenvalue weighted by molar-refractivity contribution is -0.129. The zero-order chi connectivity index (χ0) is 25.4. The molecule has 1 aliphatic carbocycles. The van der Waals surface area contributed by atoms with Crippen LogP contribution in [0.25, 0.3) is 15.9 Å². The van der Waals surface area contributed by atoms with Crippen LogP contribution < -0.4 is 5.32 Å². The van der Waals surface area contributed by atoms with E-state index in [1.165, 1.54) is 30.6 Å². The van der Waals surface area contributed by atoms with Crippen molar-refractivity contribution < 1.29 is 30.0 Å². The summed E-state index contributed by atoms with van der Waals surface area (Å²) in [6, 6.07) is 9.16. The van der Waals surface area contributed by atoms with Gasteiger partial charge in [-0.05, 0) is 37.0 Å². The van der Waals surface area contributed by atoms with E-state index in [1.807, 2.05) is 0 Å². The van der Waals surface area contributed by atoms with Gasteiger partial charge in [-0.2, -0.15) is 13.2 Å². The van der Waals surface area contributed by atoms with Gasteiger partial charge in [-0.15, -0.1) is 0 Å². The van der Waals surface area contributed by atoms with E-state index < -0.39 is 38.2 Å². The minimum atomic E-state index is -4.52. The molecule has 1 aliphatic rings. The molecule has 35 heavy (non-hydrogen) atoms. The van der Waals surface area contributed by atoms with E-state index in [2.05, 4.69) is 15.1 Å². The van der Waals surface area contributed by atoms with Crippen molar-refractivity contribution in [1.29, 1.82) is 0 Å². The molecule has 2 aromatic heterocycles. The van der Waals surface area contributed by atoms with E-state index >= 15 is 0 Å². The van der Waals surface area contributed by atoms with Crippen molar-refractivity contribution in [3.8, 4) is 0 Å². The summed E-state index contributed by atoms with van der Waals surface area (Å²) < 4.78 is 88.2. The second-order valence-electron chi connectivity index (χ2n) is 8.46. The summed E-state index contributed by atoms with van der Waals surface area (Å²) in [7, 11) is -7.76. The van der Waals surface area contributed by atoms with Gasteiger partial charge in [0.15, 0.2) is 15.5 Å². The lowest BCUT2D eigenvalue weighted by Gasteiger charge is -2.36. The van der Waals surface area contributed by atoms with Crippen molar-refractivity contribution in [2.75, 3.05) is 16.8 Å². The molecule has 1 aromatic carbocycles.